The van der Waals surface area contributed by atoms with Crippen molar-refractivity contribution in [2.45, 2.75) is 0 Å². The van der Waals surface area contributed by atoms with Crippen molar-refractivity contribution < 1.29 is 8.83 Å². The zero-order valence-electron chi connectivity index (χ0n) is 22.0. The highest BCUT2D eigenvalue weighted by molar-refractivity contribution is 7.24. The molecule has 5 heteroatoms. The predicted octanol–water partition coefficient (Wildman–Crippen LogP) is 10.3. The smallest absolute Gasteiger partial charge is 0.195 e. The highest BCUT2D eigenvalue weighted by Crippen LogP contribution is 2.41. The lowest BCUT2D eigenvalue weighted by atomic mass is 10.1. The fourth-order valence-electron chi connectivity index (χ4n) is 6.70. The molecule has 0 spiro atoms. The first-order valence-corrected chi connectivity index (χ1v) is 14.7. The van der Waals surface area contributed by atoms with Crippen LogP contribution in [0.5, 0.6) is 0 Å². The van der Waals surface area contributed by atoms with Crippen molar-refractivity contribution in [3.63, 3.8) is 0 Å². The van der Waals surface area contributed by atoms with Gasteiger partial charge in [0.15, 0.2) is 11.0 Å². The van der Waals surface area contributed by atoms with E-state index in [4.69, 9.17) is 8.83 Å². The summed E-state index contributed by atoms with van der Waals surface area (Å²) in [7, 11) is 0. The van der Waals surface area contributed by atoms with Crippen molar-refractivity contribution in [3.8, 4) is 5.69 Å². The van der Waals surface area contributed by atoms with Gasteiger partial charge < -0.3 is 13.4 Å². The number of hydrogen-bond donors (Lipinski definition) is 0. The molecule has 10 aromatic rings. The van der Waals surface area contributed by atoms with Gasteiger partial charge in [0.2, 0.25) is 0 Å². The maximum absolute atomic E-state index is 13.5. The van der Waals surface area contributed by atoms with Gasteiger partial charge in [-0.3, -0.25) is 4.79 Å². The normalized spacial score (nSPS) is 12.4. The Morgan fingerprint density at radius 1 is 0.476 bits per heavy atom. The zero-order chi connectivity index (χ0) is 27.5. The standard InChI is InChI=1S/C37H19NO3S/c39-36-23-10-3-6-15-34(23)42-35-19-33-26(17-27(35)36)22-11-7-13-29(37(22)41-33)38-28-12-4-1-8-20(28)24-16-25-21-9-2-5-14-31(21)40-32(25)18-30(24)38/h1-19H. The van der Waals surface area contributed by atoms with Crippen molar-refractivity contribution in [1.29, 1.82) is 0 Å². The molecule has 4 aromatic heterocycles. The summed E-state index contributed by atoms with van der Waals surface area (Å²) in [5, 5.41) is 7.96. The van der Waals surface area contributed by atoms with Gasteiger partial charge in [-0.2, -0.15) is 0 Å². The largest absolute Gasteiger partial charge is 0.456 e. The van der Waals surface area contributed by atoms with Gasteiger partial charge >= 0.3 is 0 Å². The van der Waals surface area contributed by atoms with Crippen molar-refractivity contribution in [2.24, 2.45) is 0 Å². The van der Waals surface area contributed by atoms with E-state index in [1.54, 1.807) is 11.3 Å². The van der Waals surface area contributed by atoms with Gasteiger partial charge in [0.25, 0.3) is 0 Å². The summed E-state index contributed by atoms with van der Waals surface area (Å²) in [4.78, 5) is 13.5. The van der Waals surface area contributed by atoms with E-state index in [2.05, 4.69) is 71.3 Å². The summed E-state index contributed by atoms with van der Waals surface area (Å²) in [5.74, 6) is 0. The Labute approximate surface area is 241 Å². The third-order valence-electron chi connectivity index (χ3n) is 8.59. The number of fused-ring (bicyclic) bond motifs is 11. The van der Waals surface area contributed by atoms with Crippen LogP contribution in [0.3, 0.4) is 0 Å². The van der Waals surface area contributed by atoms with Gasteiger partial charge in [-0.05, 0) is 48.5 Å². The minimum Gasteiger partial charge on any atom is -0.456 e. The molecule has 0 aliphatic rings. The van der Waals surface area contributed by atoms with Crippen LogP contribution in [0.4, 0.5) is 0 Å². The van der Waals surface area contributed by atoms with E-state index in [0.29, 0.717) is 0 Å². The zero-order valence-corrected chi connectivity index (χ0v) is 22.9. The number of nitrogens with zero attached hydrogens (tertiary/aromatic N) is 1. The fraction of sp³-hybridized carbons (Fsp3) is 0. The highest BCUT2D eigenvalue weighted by atomic mass is 32.1. The quantitative estimate of drug-likeness (QED) is 0.189. The van der Waals surface area contributed by atoms with E-state index in [1.165, 1.54) is 5.39 Å². The van der Waals surface area contributed by atoms with Crippen LogP contribution >= 0.6 is 11.3 Å². The molecule has 0 saturated heterocycles. The van der Waals surface area contributed by atoms with E-state index >= 15 is 0 Å². The molecule has 0 amide bonds. The van der Waals surface area contributed by atoms with Gasteiger partial charge in [-0.25, -0.2) is 0 Å². The molecule has 196 valence electrons. The summed E-state index contributed by atoms with van der Waals surface area (Å²) in [6, 6.07) is 39.2. The van der Waals surface area contributed by atoms with Gasteiger partial charge in [0.1, 0.15) is 16.7 Å². The van der Waals surface area contributed by atoms with E-state index in [-0.39, 0.29) is 5.43 Å². The van der Waals surface area contributed by atoms with Crippen LogP contribution in [0.15, 0.2) is 129 Å². The molecular formula is C37H19NO3S. The Bertz CT molecular complexity index is 2830. The van der Waals surface area contributed by atoms with Gasteiger partial charge in [-0.15, -0.1) is 11.3 Å². The molecule has 6 aromatic carbocycles. The van der Waals surface area contributed by atoms with E-state index in [0.717, 1.165) is 86.2 Å². The molecule has 0 atom stereocenters. The maximum Gasteiger partial charge on any atom is 0.195 e. The Balaban J connectivity index is 1.33. The summed E-state index contributed by atoms with van der Waals surface area (Å²) in [5.41, 5.74) is 6.46. The van der Waals surface area contributed by atoms with E-state index in [9.17, 15) is 4.79 Å². The molecule has 4 heterocycles. The number of rotatable bonds is 1. The molecule has 0 bridgehead atoms. The first kappa shape index (κ1) is 22.3. The molecule has 0 N–H and O–H groups in total. The topological polar surface area (TPSA) is 48.3 Å². The molecule has 0 fully saturated rings. The first-order valence-electron chi connectivity index (χ1n) is 13.9. The summed E-state index contributed by atoms with van der Waals surface area (Å²) >= 11 is 1.62. The highest BCUT2D eigenvalue weighted by Gasteiger charge is 2.20. The number of para-hydroxylation sites is 3. The van der Waals surface area contributed by atoms with Crippen molar-refractivity contribution in [1.82, 2.24) is 4.57 Å². The average molecular weight is 558 g/mol. The molecule has 0 radical (unpaired) electrons. The number of hydrogen-bond acceptors (Lipinski definition) is 4. The maximum atomic E-state index is 13.5. The van der Waals surface area contributed by atoms with Crippen LogP contribution < -0.4 is 5.43 Å². The second kappa shape index (κ2) is 7.87. The number of benzene rings is 6. The number of aromatic nitrogens is 1. The second-order valence-electron chi connectivity index (χ2n) is 10.8. The van der Waals surface area contributed by atoms with Crippen LogP contribution in [0, 0.1) is 0 Å². The van der Waals surface area contributed by atoms with E-state index < -0.39 is 0 Å². The van der Waals surface area contributed by atoms with Crippen LogP contribution in [-0.4, -0.2) is 4.57 Å². The minimum absolute atomic E-state index is 0.0593. The molecule has 0 unspecified atom stereocenters. The molecule has 42 heavy (non-hydrogen) atoms. The Kier molecular flexibility index (Phi) is 4.18. The van der Waals surface area contributed by atoms with Gasteiger partial charge in [0.05, 0.1) is 16.7 Å². The average Bonchev–Trinajstić information content (AvgIpc) is 3.68. The summed E-state index contributed by atoms with van der Waals surface area (Å²) in [6.07, 6.45) is 0. The van der Waals surface area contributed by atoms with Crippen LogP contribution in [-0.2, 0) is 0 Å². The Morgan fingerprint density at radius 2 is 1.19 bits per heavy atom. The van der Waals surface area contributed by atoms with Crippen LogP contribution in [0.2, 0.25) is 0 Å². The molecule has 0 aliphatic heterocycles. The first-order chi connectivity index (χ1) is 20.7. The fourth-order valence-corrected chi connectivity index (χ4v) is 7.78. The Hall–Kier alpha value is -5.39. The van der Waals surface area contributed by atoms with Crippen molar-refractivity contribution >= 4 is 97.2 Å². The lowest BCUT2D eigenvalue weighted by molar-refractivity contribution is 0.666. The Morgan fingerprint density at radius 3 is 2.12 bits per heavy atom. The van der Waals surface area contributed by atoms with Crippen molar-refractivity contribution in [2.75, 3.05) is 0 Å². The number of furan rings is 2. The predicted molar refractivity (Wildman–Crippen MR) is 174 cm³/mol. The SMILES string of the molecule is O=c1c2ccccc2sc2cc3oc4c(-n5c6ccccc6c6cc7c(cc65)oc5ccccc57)cccc4c3cc12. The second-order valence-corrected chi connectivity index (χ2v) is 11.9. The molecule has 10 rings (SSSR count). The van der Waals surface area contributed by atoms with Crippen LogP contribution in [0.1, 0.15) is 0 Å². The van der Waals surface area contributed by atoms with Crippen LogP contribution in [0.25, 0.3) is 91.5 Å². The van der Waals surface area contributed by atoms with Gasteiger partial charge in [0, 0.05) is 58.6 Å². The molecule has 0 saturated carbocycles. The minimum atomic E-state index is 0.0593. The molecular weight excluding hydrogens is 538 g/mol. The summed E-state index contributed by atoms with van der Waals surface area (Å²) in [6.45, 7) is 0. The monoisotopic (exact) mass is 557 g/mol. The lowest BCUT2D eigenvalue weighted by Crippen LogP contribution is -2.00. The summed E-state index contributed by atoms with van der Waals surface area (Å²) < 4.78 is 17.1. The molecule has 4 nitrogen and oxygen atoms in total. The lowest BCUT2D eigenvalue weighted by Gasteiger charge is -2.08. The van der Waals surface area contributed by atoms with Gasteiger partial charge in [-0.1, -0.05) is 60.7 Å². The van der Waals surface area contributed by atoms with Crippen molar-refractivity contribution in [3.05, 3.63) is 125 Å². The van der Waals surface area contributed by atoms with E-state index in [1.807, 2.05) is 48.5 Å². The third kappa shape index (κ3) is 2.83. The molecule has 0 aliphatic carbocycles. The third-order valence-corrected chi connectivity index (χ3v) is 9.72.